The molecule has 26 heavy (non-hydrogen) atoms. The second-order valence-electron chi connectivity index (χ2n) is 7.22. The zero-order valence-corrected chi connectivity index (χ0v) is 17.3. The van der Waals surface area contributed by atoms with Crippen LogP contribution in [-0.2, 0) is 24.2 Å². The molecule has 0 aromatic carbocycles. The molecular weight excluding hydrogens is 368 g/mol. The van der Waals surface area contributed by atoms with Crippen molar-refractivity contribution in [1.29, 1.82) is 0 Å². The van der Waals surface area contributed by atoms with Crippen LogP contribution in [0.1, 0.15) is 36.6 Å². The number of hydrogen-bond acceptors (Lipinski definition) is 5. The van der Waals surface area contributed by atoms with Crippen LogP contribution in [0, 0.1) is 0 Å². The average Bonchev–Trinajstić information content (AvgIpc) is 2.95. The van der Waals surface area contributed by atoms with E-state index in [1.165, 1.54) is 33.5 Å². The van der Waals surface area contributed by atoms with E-state index in [-0.39, 0.29) is 11.5 Å². The molecular formula is C18H27N4O2S2+. The number of thiophene rings is 1. The van der Waals surface area contributed by atoms with Gasteiger partial charge >= 0.3 is 0 Å². The fourth-order valence-corrected chi connectivity index (χ4v) is 5.50. The molecule has 2 aromatic heterocycles. The van der Waals surface area contributed by atoms with Crippen LogP contribution in [0.15, 0.2) is 9.95 Å². The molecule has 0 saturated carbocycles. The second-order valence-corrected chi connectivity index (χ2v) is 9.61. The molecule has 3 rings (SSSR count). The number of aromatic nitrogens is 2. The third-order valence-electron chi connectivity index (χ3n) is 4.78. The Balaban J connectivity index is 2.07. The van der Waals surface area contributed by atoms with Gasteiger partial charge in [-0.2, -0.15) is 0 Å². The standard InChI is InChI=1S/C18H26N4O2S2/c1-11(15(19)23)25-18-20-16-14(12-7-4-5-8-13(12)26-16)17(24)22(18)10-6-9-21(2)3/h11H,4-10H2,1-3H3,(H2,19,23)/p+1/t11-/m1/s1. The van der Waals surface area contributed by atoms with Crippen molar-refractivity contribution >= 4 is 39.2 Å². The normalized spacial score (nSPS) is 15.4. The Kier molecular flexibility index (Phi) is 6.04. The van der Waals surface area contributed by atoms with E-state index in [1.54, 1.807) is 22.8 Å². The summed E-state index contributed by atoms with van der Waals surface area (Å²) in [7, 11) is 4.20. The summed E-state index contributed by atoms with van der Waals surface area (Å²) in [5.41, 5.74) is 6.68. The smallest absolute Gasteiger partial charge is 0.263 e. The highest BCUT2D eigenvalue weighted by molar-refractivity contribution is 8.00. The summed E-state index contributed by atoms with van der Waals surface area (Å²) in [5.74, 6) is -0.390. The van der Waals surface area contributed by atoms with Crippen molar-refractivity contribution in [3.05, 3.63) is 20.8 Å². The topological polar surface area (TPSA) is 82.4 Å². The predicted octanol–water partition coefficient (Wildman–Crippen LogP) is 0.837. The Morgan fingerprint density at radius 3 is 2.81 bits per heavy atom. The minimum atomic E-state index is -0.417. The van der Waals surface area contributed by atoms with Gasteiger partial charge in [0.05, 0.1) is 31.3 Å². The molecule has 0 aliphatic heterocycles. The lowest BCUT2D eigenvalue weighted by atomic mass is 9.97. The van der Waals surface area contributed by atoms with Crippen molar-refractivity contribution < 1.29 is 9.69 Å². The monoisotopic (exact) mass is 395 g/mol. The summed E-state index contributed by atoms with van der Waals surface area (Å²) >= 11 is 2.93. The quantitative estimate of drug-likeness (QED) is 0.538. The Morgan fingerprint density at radius 2 is 2.12 bits per heavy atom. The molecule has 1 aliphatic carbocycles. The summed E-state index contributed by atoms with van der Waals surface area (Å²) < 4.78 is 1.76. The van der Waals surface area contributed by atoms with Gasteiger partial charge in [-0.25, -0.2) is 4.98 Å². The number of nitrogens with two attached hydrogens (primary N) is 1. The lowest BCUT2D eigenvalue weighted by Gasteiger charge is -2.15. The number of primary amides is 1. The lowest BCUT2D eigenvalue weighted by Crippen LogP contribution is -3.05. The number of amides is 1. The van der Waals surface area contributed by atoms with E-state index < -0.39 is 5.25 Å². The number of carbonyl (C=O) groups excluding carboxylic acids is 1. The van der Waals surface area contributed by atoms with Crippen molar-refractivity contribution in [2.24, 2.45) is 5.73 Å². The van der Waals surface area contributed by atoms with E-state index in [2.05, 4.69) is 14.1 Å². The number of quaternary nitrogens is 1. The van der Waals surface area contributed by atoms with E-state index in [9.17, 15) is 9.59 Å². The van der Waals surface area contributed by atoms with Crippen LogP contribution < -0.4 is 16.2 Å². The van der Waals surface area contributed by atoms with Gasteiger partial charge in [-0.1, -0.05) is 11.8 Å². The fraction of sp³-hybridized carbons (Fsp3) is 0.611. The van der Waals surface area contributed by atoms with Crippen molar-refractivity contribution in [2.75, 3.05) is 20.6 Å². The Bertz CT molecular complexity index is 872. The summed E-state index contributed by atoms with van der Waals surface area (Å²) in [6, 6.07) is 0. The lowest BCUT2D eigenvalue weighted by molar-refractivity contribution is -0.858. The van der Waals surface area contributed by atoms with E-state index in [4.69, 9.17) is 10.7 Å². The number of fused-ring (bicyclic) bond motifs is 3. The molecule has 142 valence electrons. The highest BCUT2D eigenvalue weighted by Gasteiger charge is 2.23. The fourth-order valence-electron chi connectivity index (χ4n) is 3.31. The first-order valence-corrected chi connectivity index (χ1v) is 10.9. The first-order valence-electron chi connectivity index (χ1n) is 9.18. The number of nitrogens with zero attached hydrogens (tertiary/aromatic N) is 2. The maximum atomic E-state index is 13.3. The van der Waals surface area contributed by atoms with Gasteiger partial charge < -0.3 is 10.6 Å². The number of nitrogens with one attached hydrogen (secondary N) is 1. The molecule has 1 amide bonds. The zero-order valence-electron chi connectivity index (χ0n) is 15.6. The van der Waals surface area contributed by atoms with Crippen molar-refractivity contribution in [1.82, 2.24) is 9.55 Å². The van der Waals surface area contributed by atoms with Crippen LogP contribution in [0.25, 0.3) is 10.2 Å². The van der Waals surface area contributed by atoms with Crippen LogP contribution in [0.3, 0.4) is 0 Å². The highest BCUT2D eigenvalue weighted by Crippen LogP contribution is 2.35. The number of thioether (sulfide) groups is 1. The van der Waals surface area contributed by atoms with Gasteiger partial charge in [-0.3, -0.25) is 14.2 Å². The van der Waals surface area contributed by atoms with Crippen LogP contribution in [0.5, 0.6) is 0 Å². The molecule has 6 nitrogen and oxygen atoms in total. The van der Waals surface area contributed by atoms with E-state index in [0.29, 0.717) is 11.7 Å². The predicted molar refractivity (Wildman–Crippen MR) is 107 cm³/mol. The Hall–Kier alpha value is -1.38. The number of hydrogen-bond donors (Lipinski definition) is 2. The van der Waals surface area contributed by atoms with Gasteiger partial charge in [-0.05, 0) is 38.2 Å². The van der Waals surface area contributed by atoms with E-state index in [0.717, 1.165) is 42.4 Å². The first-order chi connectivity index (χ1) is 12.4. The molecule has 3 N–H and O–H groups in total. The summed E-state index contributed by atoms with van der Waals surface area (Å²) in [6.07, 6.45) is 5.22. The van der Waals surface area contributed by atoms with Crippen LogP contribution in [-0.4, -0.2) is 41.3 Å². The molecule has 8 heteroatoms. The molecule has 1 atom stereocenters. The first kappa shape index (κ1) is 19.4. The van der Waals surface area contributed by atoms with Gasteiger partial charge in [0.1, 0.15) is 4.83 Å². The maximum Gasteiger partial charge on any atom is 0.263 e. The zero-order chi connectivity index (χ0) is 18.8. The summed E-state index contributed by atoms with van der Waals surface area (Å²) in [5, 5.41) is 0.999. The molecule has 0 spiro atoms. The summed E-state index contributed by atoms with van der Waals surface area (Å²) in [6.45, 7) is 3.35. The van der Waals surface area contributed by atoms with Crippen LogP contribution >= 0.6 is 23.1 Å². The average molecular weight is 396 g/mol. The van der Waals surface area contributed by atoms with E-state index in [1.807, 2.05) is 0 Å². The molecule has 0 radical (unpaired) electrons. The second kappa shape index (κ2) is 8.10. The SMILES string of the molecule is C[C@@H](Sc1nc2sc3c(c2c(=O)n1CCC[NH+](C)C)CCCC3)C(N)=O. The van der Waals surface area contributed by atoms with Crippen molar-refractivity contribution in [2.45, 2.75) is 56.0 Å². The van der Waals surface area contributed by atoms with Crippen LogP contribution in [0.4, 0.5) is 0 Å². The number of carbonyl (C=O) groups is 1. The van der Waals surface area contributed by atoms with Gasteiger partial charge in [0, 0.05) is 17.8 Å². The highest BCUT2D eigenvalue weighted by atomic mass is 32.2. The molecule has 0 bridgehead atoms. The van der Waals surface area contributed by atoms with Gasteiger partial charge in [0.15, 0.2) is 5.16 Å². The molecule has 2 aromatic rings. The van der Waals surface area contributed by atoms with E-state index >= 15 is 0 Å². The van der Waals surface area contributed by atoms with Gasteiger partial charge in [0.25, 0.3) is 5.56 Å². The summed E-state index contributed by atoms with van der Waals surface area (Å²) in [4.78, 5) is 33.1. The minimum absolute atomic E-state index is 0.0438. The Morgan fingerprint density at radius 1 is 1.38 bits per heavy atom. The van der Waals surface area contributed by atoms with Crippen molar-refractivity contribution in [3.8, 4) is 0 Å². The molecule has 0 unspecified atom stereocenters. The molecule has 2 heterocycles. The van der Waals surface area contributed by atoms with Gasteiger partial charge in [-0.15, -0.1) is 11.3 Å². The molecule has 0 saturated heterocycles. The largest absolute Gasteiger partial charge is 0.369 e. The van der Waals surface area contributed by atoms with Gasteiger partial charge in [0.2, 0.25) is 5.91 Å². The third kappa shape index (κ3) is 3.97. The molecule has 0 fully saturated rings. The Labute approximate surface area is 161 Å². The number of aryl methyl sites for hydroxylation is 2. The maximum absolute atomic E-state index is 13.3. The van der Waals surface area contributed by atoms with Crippen LogP contribution in [0.2, 0.25) is 0 Å². The van der Waals surface area contributed by atoms with Crippen molar-refractivity contribution in [3.63, 3.8) is 0 Å². The third-order valence-corrected chi connectivity index (χ3v) is 7.08. The number of rotatable bonds is 7. The minimum Gasteiger partial charge on any atom is -0.369 e. The molecule has 1 aliphatic rings.